The molecule has 0 aliphatic carbocycles. The summed E-state index contributed by atoms with van der Waals surface area (Å²) in [5, 5.41) is 24.9. The standard InChI is InChI=1S/C17H29N5O8S/c1-8(18)14(26)22-11(7-12(19)23)16(28)20-9(3-4-13(24)25)15(27)21-10(17(29)30)5-6-31-2/h8-11H,3-7,18H2,1-2H3,(H2,19,23)(H,20,28)(H,21,27)(H,22,26)(H,24,25)(H,29,30). The molecule has 0 fully saturated rings. The normalized spacial score (nSPS) is 14.4. The molecular formula is C17H29N5O8S. The molecule has 0 aromatic heterocycles. The topological polar surface area (TPSA) is 231 Å². The van der Waals surface area contributed by atoms with Crippen molar-refractivity contribution in [1.82, 2.24) is 16.0 Å². The van der Waals surface area contributed by atoms with E-state index in [1.54, 1.807) is 6.26 Å². The van der Waals surface area contributed by atoms with Crippen LogP contribution in [0, 0.1) is 0 Å². The molecule has 4 amide bonds. The molecule has 0 radical (unpaired) electrons. The van der Waals surface area contributed by atoms with Crippen molar-refractivity contribution < 1.29 is 39.0 Å². The summed E-state index contributed by atoms with van der Waals surface area (Å²) in [6.07, 6.45) is 0.408. The zero-order valence-corrected chi connectivity index (χ0v) is 18.1. The Balaban J connectivity index is 5.47. The second-order valence-electron chi connectivity index (χ2n) is 6.69. The van der Waals surface area contributed by atoms with Gasteiger partial charge in [-0.15, -0.1) is 0 Å². The van der Waals surface area contributed by atoms with Crippen LogP contribution in [0.4, 0.5) is 0 Å². The van der Waals surface area contributed by atoms with Crippen LogP contribution in [0.2, 0.25) is 0 Å². The zero-order chi connectivity index (χ0) is 24.1. The van der Waals surface area contributed by atoms with E-state index in [4.69, 9.17) is 16.6 Å². The molecular weight excluding hydrogens is 434 g/mol. The molecule has 9 N–H and O–H groups in total. The van der Waals surface area contributed by atoms with Crippen molar-refractivity contribution in [2.45, 2.75) is 56.8 Å². The minimum absolute atomic E-state index is 0.108. The van der Waals surface area contributed by atoms with E-state index in [1.165, 1.54) is 18.7 Å². The monoisotopic (exact) mass is 463 g/mol. The fraction of sp³-hybridized carbons (Fsp3) is 0.647. The lowest BCUT2D eigenvalue weighted by Gasteiger charge is -2.24. The Kier molecular flexibility index (Phi) is 12.9. The summed E-state index contributed by atoms with van der Waals surface area (Å²) in [6, 6.07) is -5.13. The second kappa shape index (κ2) is 14.2. The largest absolute Gasteiger partial charge is 0.481 e. The third kappa shape index (κ3) is 11.8. The van der Waals surface area contributed by atoms with Crippen LogP contribution in [0.15, 0.2) is 0 Å². The number of hydrogen-bond acceptors (Lipinski definition) is 8. The Bertz CT molecular complexity index is 687. The molecule has 4 atom stereocenters. The molecule has 14 heteroatoms. The third-order valence-electron chi connectivity index (χ3n) is 3.96. The lowest BCUT2D eigenvalue weighted by Crippen LogP contribution is -2.57. The summed E-state index contributed by atoms with van der Waals surface area (Å²) in [7, 11) is 0. The SMILES string of the molecule is CSCCC(NC(=O)C(CCC(=O)O)NC(=O)C(CC(N)=O)NC(=O)C(C)N)C(=O)O. The number of rotatable bonds is 15. The number of carbonyl (C=O) groups excluding carboxylic acids is 4. The Hall–Kier alpha value is -2.87. The molecule has 0 aromatic carbocycles. The smallest absolute Gasteiger partial charge is 0.326 e. The summed E-state index contributed by atoms with van der Waals surface area (Å²) in [5.74, 6) is -5.66. The number of hydrogen-bond donors (Lipinski definition) is 7. The lowest BCUT2D eigenvalue weighted by molar-refractivity contribution is -0.143. The minimum Gasteiger partial charge on any atom is -0.481 e. The van der Waals surface area contributed by atoms with Gasteiger partial charge in [0.2, 0.25) is 23.6 Å². The van der Waals surface area contributed by atoms with Gasteiger partial charge in [-0.1, -0.05) is 0 Å². The number of thioether (sulfide) groups is 1. The summed E-state index contributed by atoms with van der Waals surface area (Å²) in [5.41, 5.74) is 10.5. The van der Waals surface area contributed by atoms with Gasteiger partial charge in [0, 0.05) is 6.42 Å². The van der Waals surface area contributed by atoms with Gasteiger partial charge >= 0.3 is 11.9 Å². The maximum Gasteiger partial charge on any atom is 0.326 e. The molecule has 0 saturated heterocycles. The van der Waals surface area contributed by atoms with Gasteiger partial charge in [0.05, 0.1) is 12.5 Å². The van der Waals surface area contributed by atoms with Crippen LogP contribution in [0.3, 0.4) is 0 Å². The summed E-state index contributed by atoms with van der Waals surface area (Å²) < 4.78 is 0. The molecule has 0 aromatic rings. The van der Waals surface area contributed by atoms with Crippen molar-refractivity contribution in [2.24, 2.45) is 11.5 Å². The quantitative estimate of drug-likeness (QED) is 0.133. The molecule has 31 heavy (non-hydrogen) atoms. The van der Waals surface area contributed by atoms with Crippen molar-refractivity contribution in [3.63, 3.8) is 0 Å². The highest BCUT2D eigenvalue weighted by molar-refractivity contribution is 7.98. The first-order chi connectivity index (χ1) is 14.4. The summed E-state index contributed by atoms with van der Waals surface area (Å²) >= 11 is 1.37. The van der Waals surface area contributed by atoms with Crippen molar-refractivity contribution in [3.05, 3.63) is 0 Å². The van der Waals surface area contributed by atoms with Gasteiger partial charge in [-0.2, -0.15) is 11.8 Å². The summed E-state index contributed by atoms with van der Waals surface area (Å²) in [4.78, 5) is 70.4. The van der Waals surface area contributed by atoms with Gasteiger partial charge in [0.1, 0.15) is 18.1 Å². The van der Waals surface area contributed by atoms with E-state index >= 15 is 0 Å². The Morgan fingerprint density at radius 2 is 1.39 bits per heavy atom. The number of nitrogens with one attached hydrogen (secondary N) is 3. The first kappa shape index (κ1) is 28.1. The van der Waals surface area contributed by atoms with Gasteiger partial charge in [0.25, 0.3) is 0 Å². The zero-order valence-electron chi connectivity index (χ0n) is 17.3. The molecule has 0 bridgehead atoms. The Morgan fingerprint density at radius 1 is 0.871 bits per heavy atom. The third-order valence-corrected chi connectivity index (χ3v) is 4.60. The fourth-order valence-corrected chi connectivity index (χ4v) is 2.76. The van der Waals surface area contributed by atoms with Gasteiger partial charge in [-0.3, -0.25) is 24.0 Å². The predicted octanol–water partition coefficient (Wildman–Crippen LogP) is -2.63. The Morgan fingerprint density at radius 3 is 1.84 bits per heavy atom. The molecule has 0 saturated carbocycles. The molecule has 0 rings (SSSR count). The number of carbonyl (C=O) groups is 6. The average Bonchev–Trinajstić information content (AvgIpc) is 2.66. The number of primary amides is 1. The molecule has 4 unspecified atom stereocenters. The van der Waals surface area contributed by atoms with E-state index in [1.807, 2.05) is 0 Å². The highest BCUT2D eigenvalue weighted by atomic mass is 32.2. The number of carboxylic acids is 2. The van der Waals surface area contributed by atoms with Gasteiger partial charge < -0.3 is 37.6 Å². The number of aliphatic carboxylic acids is 2. The van der Waals surface area contributed by atoms with E-state index < -0.39 is 72.6 Å². The average molecular weight is 464 g/mol. The fourth-order valence-electron chi connectivity index (χ4n) is 2.29. The van der Waals surface area contributed by atoms with Crippen LogP contribution in [0.25, 0.3) is 0 Å². The van der Waals surface area contributed by atoms with E-state index in [9.17, 15) is 33.9 Å². The highest BCUT2D eigenvalue weighted by Gasteiger charge is 2.30. The van der Waals surface area contributed by atoms with Crippen LogP contribution in [0.5, 0.6) is 0 Å². The van der Waals surface area contributed by atoms with E-state index in [2.05, 4.69) is 16.0 Å². The molecule has 0 spiro atoms. The minimum atomic E-state index is -1.46. The van der Waals surface area contributed by atoms with E-state index in [0.717, 1.165) is 0 Å². The van der Waals surface area contributed by atoms with E-state index in [0.29, 0.717) is 5.75 Å². The molecule has 176 valence electrons. The van der Waals surface area contributed by atoms with E-state index in [-0.39, 0.29) is 12.8 Å². The van der Waals surface area contributed by atoms with Crippen LogP contribution in [-0.4, -0.2) is 82.0 Å². The molecule has 0 aliphatic heterocycles. The van der Waals surface area contributed by atoms with Crippen molar-refractivity contribution in [1.29, 1.82) is 0 Å². The lowest BCUT2D eigenvalue weighted by atomic mass is 10.1. The van der Waals surface area contributed by atoms with Crippen molar-refractivity contribution in [3.8, 4) is 0 Å². The molecule has 0 aliphatic rings. The van der Waals surface area contributed by atoms with Gasteiger partial charge in [0.15, 0.2) is 0 Å². The van der Waals surface area contributed by atoms with Crippen molar-refractivity contribution in [2.75, 3.05) is 12.0 Å². The maximum absolute atomic E-state index is 12.6. The second-order valence-corrected chi connectivity index (χ2v) is 7.68. The predicted molar refractivity (Wildman–Crippen MR) is 111 cm³/mol. The van der Waals surface area contributed by atoms with Gasteiger partial charge in [-0.25, -0.2) is 4.79 Å². The van der Waals surface area contributed by atoms with Gasteiger partial charge in [-0.05, 0) is 31.8 Å². The Labute approximate surface area is 183 Å². The molecule has 13 nitrogen and oxygen atoms in total. The first-order valence-electron chi connectivity index (χ1n) is 9.27. The van der Waals surface area contributed by atoms with Crippen LogP contribution < -0.4 is 27.4 Å². The molecule has 0 heterocycles. The van der Waals surface area contributed by atoms with Crippen LogP contribution in [-0.2, 0) is 28.8 Å². The first-order valence-corrected chi connectivity index (χ1v) is 10.7. The number of nitrogens with two attached hydrogens (primary N) is 2. The highest BCUT2D eigenvalue weighted by Crippen LogP contribution is 2.05. The summed E-state index contributed by atoms with van der Waals surface area (Å²) in [6.45, 7) is 1.35. The van der Waals surface area contributed by atoms with Crippen molar-refractivity contribution >= 4 is 47.3 Å². The van der Waals surface area contributed by atoms with Crippen LogP contribution >= 0.6 is 11.8 Å². The maximum atomic E-state index is 12.6. The number of carboxylic acid groups (broad SMARTS) is 2. The number of amides is 4. The van der Waals surface area contributed by atoms with Crippen LogP contribution in [0.1, 0.15) is 32.6 Å².